The van der Waals surface area contributed by atoms with Gasteiger partial charge in [-0.2, -0.15) is 0 Å². The van der Waals surface area contributed by atoms with E-state index in [1.54, 1.807) is 0 Å². The lowest BCUT2D eigenvalue weighted by Crippen LogP contribution is -2.30. The molecule has 0 aliphatic carbocycles. The fraction of sp³-hybridized carbons (Fsp3) is 0.912. The second-order valence-corrected chi connectivity index (χ2v) is 19.2. The van der Waals surface area contributed by atoms with Gasteiger partial charge < -0.3 is 14.2 Å². The van der Waals surface area contributed by atoms with Crippen molar-refractivity contribution in [3.63, 3.8) is 0 Å². The van der Waals surface area contributed by atoms with Crippen molar-refractivity contribution in [2.45, 2.75) is 322 Å². The number of unbranched alkanes of at least 4 members (excludes halogenated alkanes) is 39. The largest absolute Gasteiger partial charge is 0.462 e. The van der Waals surface area contributed by atoms with Crippen molar-refractivity contribution in [1.82, 2.24) is 0 Å². The number of carbonyl (C=O) groups is 3. The average molecular weight is 889 g/mol. The maximum absolute atomic E-state index is 12.8. The smallest absolute Gasteiger partial charge is 0.306 e. The van der Waals surface area contributed by atoms with Crippen LogP contribution in [0.25, 0.3) is 0 Å². The fourth-order valence-electron chi connectivity index (χ4n) is 8.50. The Morgan fingerprint density at radius 2 is 0.524 bits per heavy atom. The number of ether oxygens (including phenoxy) is 3. The third kappa shape index (κ3) is 51.0. The fourth-order valence-corrected chi connectivity index (χ4v) is 8.50. The lowest BCUT2D eigenvalue weighted by molar-refractivity contribution is -0.167. The van der Waals surface area contributed by atoms with Gasteiger partial charge in [0, 0.05) is 19.3 Å². The van der Waals surface area contributed by atoms with Crippen molar-refractivity contribution >= 4 is 17.9 Å². The first-order valence-corrected chi connectivity index (χ1v) is 28.2. The zero-order chi connectivity index (χ0) is 45.8. The zero-order valence-electron chi connectivity index (χ0n) is 42.6. The average Bonchev–Trinajstić information content (AvgIpc) is 3.28. The third-order valence-corrected chi connectivity index (χ3v) is 12.8. The number of rotatable bonds is 52. The van der Waals surface area contributed by atoms with E-state index in [1.165, 1.54) is 212 Å². The molecule has 0 rings (SSSR count). The van der Waals surface area contributed by atoms with Crippen molar-refractivity contribution in [2.24, 2.45) is 0 Å². The van der Waals surface area contributed by atoms with E-state index < -0.39 is 6.10 Å². The van der Waals surface area contributed by atoms with E-state index in [-0.39, 0.29) is 31.1 Å². The maximum atomic E-state index is 12.8. The molecule has 0 aromatic rings. The first-order valence-electron chi connectivity index (χ1n) is 28.2. The Bertz CT molecular complexity index is 978. The van der Waals surface area contributed by atoms with Gasteiger partial charge in [0.15, 0.2) is 6.10 Å². The van der Waals surface area contributed by atoms with Crippen LogP contribution >= 0.6 is 0 Å². The summed E-state index contributed by atoms with van der Waals surface area (Å²) in [6.07, 6.45) is 59.1. The molecular weight excluding hydrogens is 781 g/mol. The second kappa shape index (κ2) is 52.8. The summed E-state index contributed by atoms with van der Waals surface area (Å²) >= 11 is 0. The van der Waals surface area contributed by atoms with Crippen molar-refractivity contribution in [3.8, 4) is 0 Å². The predicted octanol–water partition coefficient (Wildman–Crippen LogP) is 18.5. The molecule has 0 aliphatic heterocycles. The number of carbonyl (C=O) groups excluding carboxylic acids is 3. The van der Waals surface area contributed by atoms with Crippen molar-refractivity contribution < 1.29 is 28.6 Å². The van der Waals surface area contributed by atoms with Crippen LogP contribution in [0.2, 0.25) is 0 Å². The summed E-state index contributed by atoms with van der Waals surface area (Å²) in [6, 6.07) is 0. The standard InChI is InChI=1S/C57H108O6/c1-4-7-10-13-16-19-22-25-27-28-30-32-35-38-41-44-47-50-56(59)62-53-54(52-61-55(58)49-46-43-40-37-34-31-24-21-18-15-12-9-6-3)63-57(60)51-48-45-42-39-36-33-29-26-23-20-17-14-11-8-5-2/h26,29,54H,4-25,27-28,30-53H2,1-3H3/b29-26+. The molecule has 0 saturated carbocycles. The second-order valence-electron chi connectivity index (χ2n) is 19.2. The van der Waals surface area contributed by atoms with Crippen LogP contribution in [-0.4, -0.2) is 37.2 Å². The minimum atomic E-state index is -0.768. The van der Waals surface area contributed by atoms with E-state index in [1.807, 2.05) is 0 Å². The molecule has 0 bridgehead atoms. The molecule has 0 aromatic heterocycles. The van der Waals surface area contributed by atoms with E-state index in [9.17, 15) is 14.4 Å². The van der Waals surface area contributed by atoms with Crippen molar-refractivity contribution in [1.29, 1.82) is 0 Å². The number of hydrogen-bond acceptors (Lipinski definition) is 6. The van der Waals surface area contributed by atoms with Gasteiger partial charge in [-0.05, 0) is 44.9 Å². The quantitative estimate of drug-likeness (QED) is 0.0262. The highest BCUT2D eigenvalue weighted by Crippen LogP contribution is 2.17. The lowest BCUT2D eigenvalue weighted by atomic mass is 10.0. The van der Waals surface area contributed by atoms with E-state index in [2.05, 4.69) is 32.9 Å². The summed E-state index contributed by atoms with van der Waals surface area (Å²) in [5.41, 5.74) is 0. The molecule has 0 aliphatic rings. The molecule has 6 heteroatoms. The zero-order valence-corrected chi connectivity index (χ0v) is 42.6. The first-order chi connectivity index (χ1) is 31.0. The van der Waals surface area contributed by atoms with Gasteiger partial charge in [0.2, 0.25) is 0 Å². The molecule has 0 aromatic carbocycles. The van der Waals surface area contributed by atoms with Crippen LogP contribution in [0.4, 0.5) is 0 Å². The highest BCUT2D eigenvalue weighted by atomic mass is 16.6. The molecular formula is C57H108O6. The molecule has 1 unspecified atom stereocenters. The van der Waals surface area contributed by atoms with Gasteiger partial charge in [0.25, 0.3) is 0 Å². The summed E-state index contributed by atoms with van der Waals surface area (Å²) in [6.45, 7) is 6.68. The molecule has 0 fully saturated rings. The van der Waals surface area contributed by atoms with Crippen LogP contribution in [0.3, 0.4) is 0 Å². The summed E-state index contributed by atoms with van der Waals surface area (Å²) in [7, 11) is 0. The van der Waals surface area contributed by atoms with Gasteiger partial charge in [0.1, 0.15) is 13.2 Å². The Hall–Kier alpha value is -1.85. The molecule has 372 valence electrons. The Morgan fingerprint density at radius 1 is 0.302 bits per heavy atom. The highest BCUT2D eigenvalue weighted by molar-refractivity contribution is 5.71. The van der Waals surface area contributed by atoms with Gasteiger partial charge >= 0.3 is 17.9 Å². The molecule has 0 spiro atoms. The normalized spacial score (nSPS) is 12.0. The topological polar surface area (TPSA) is 78.9 Å². The maximum Gasteiger partial charge on any atom is 0.306 e. The Morgan fingerprint density at radius 3 is 0.794 bits per heavy atom. The minimum absolute atomic E-state index is 0.0675. The Balaban J connectivity index is 4.31. The van der Waals surface area contributed by atoms with E-state index >= 15 is 0 Å². The van der Waals surface area contributed by atoms with Gasteiger partial charge in [-0.3, -0.25) is 14.4 Å². The molecule has 0 radical (unpaired) electrons. The SMILES string of the molecule is CCCCCCCC/C=C/CCCCCCCC(=O)OC(COC(=O)CCCCCCCCCCCCCCC)COC(=O)CCCCCCCCCCCCCCCCCCC. The van der Waals surface area contributed by atoms with Crippen LogP contribution in [-0.2, 0) is 28.6 Å². The van der Waals surface area contributed by atoms with Crippen LogP contribution in [0.15, 0.2) is 12.2 Å². The summed E-state index contributed by atoms with van der Waals surface area (Å²) in [4.78, 5) is 38.1. The molecule has 0 amide bonds. The van der Waals surface area contributed by atoms with E-state index in [0.717, 1.165) is 64.2 Å². The third-order valence-electron chi connectivity index (χ3n) is 12.8. The molecule has 63 heavy (non-hydrogen) atoms. The molecule has 0 heterocycles. The molecule has 1 atom stereocenters. The first kappa shape index (κ1) is 61.1. The van der Waals surface area contributed by atoms with Gasteiger partial charge in [0.05, 0.1) is 0 Å². The van der Waals surface area contributed by atoms with Crippen molar-refractivity contribution in [3.05, 3.63) is 12.2 Å². The van der Waals surface area contributed by atoms with E-state index in [4.69, 9.17) is 14.2 Å². The van der Waals surface area contributed by atoms with Gasteiger partial charge in [-0.15, -0.1) is 0 Å². The molecule has 0 saturated heterocycles. The van der Waals surface area contributed by atoms with E-state index in [0.29, 0.717) is 19.3 Å². The highest BCUT2D eigenvalue weighted by Gasteiger charge is 2.19. The van der Waals surface area contributed by atoms with Crippen LogP contribution in [0.1, 0.15) is 316 Å². The van der Waals surface area contributed by atoms with Crippen LogP contribution < -0.4 is 0 Å². The minimum Gasteiger partial charge on any atom is -0.462 e. The molecule has 6 nitrogen and oxygen atoms in total. The monoisotopic (exact) mass is 889 g/mol. The Labute approximate surface area is 392 Å². The number of allylic oxidation sites excluding steroid dienone is 2. The van der Waals surface area contributed by atoms with Crippen LogP contribution in [0.5, 0.6) is 0 Å². The number of esters is 3. The lowest BCUT2D eigenvalue weighted by Gasteiger charge is -2.18. The van der Waals surface area contributed by atoms with Gasteiger partial charge in [-0.25, -0.2) is 0 Å². The predicted molar refractivity (Wildman–Crippen MR) is 270 cm³/mol. The summed E-state index contributed by atoms with van der Waals surface area (Å²) < 4.78 is 16.9. The van der Waals surface area contributed by atoms with Crippen molar-refractivity contribution in [2.75, 3.05) is 13.2 Å². The summed E-state index contributed by atoms with van der Waals surface area (Å²) in [5, 5.41) is 0. The number of hydrogen-bond donors (Lipinski definition) is 0. The van der Waals surface area contributed by atoms with Gasteiger partial charge in [-0.1, -0.05) is 264 Å². The summed E-state index contributed by atoms with van der Waals surface area (Å²) in [5.74, 6) is -0.854. The van der Waals surface area contributed by atoms with Crippen LogP contribution in [0, 0.1) is 0 Å². The Kier molecular flexibility index (Phi) is 51.2. The molecule has 0 N–H and O–H groups in total.